The van der Waals surface area contributed by atoms with Crippen LogP contribution in [0.4, 0.5) is 24.5 Å². The average Bonchev–Trinajstić information content (AvgIpc) is 2.98. The Morgan fingerprint density at radius 2 is 1.90 bits per heavy atom. The first-order chi connectivity index (χ1) is 14.5. The molecule has 0 bridgehead atoms. The Kier molecular flexibility index (Phi) is 7.42. The Morgan fingerprint density at radius 3 is 2.48 bits per heavy atom. The lowest BCUT2D eigenvalue weighted by atomic mass is 10.1. The standard InChI is InChI=1S/C20H22F3N3O5/c1-4-7-25-12(2)8-15(13(25)3)18(27)11-31-19(28)10-24-16-6-5-14(20(21,22)23)9-17(16)26(29)30/h5-6,8-9,24H,4,7,10-11H2,1-3H3. The topological polar surface area (TPSA) is 103 Å². The van der Waals surface area contributed by atoms with E-state index in [2.05, 4.69) is 5.32 Å². The average molecular weight is 441 g/mol. The third-order valence-corrected chi connectivity index (χ3v) is 4.63. The van der Waals surface area contributed by atoms with Gasteiger partial charge in [-0.15, -0.1) is 0 Å². The van der Waals surface area contributed by atoms with Crippen molar-refractivity contribution in [3.8, 4) is 0 Å². The van der Waals surface area contributed by atoms with E-state index in [-0.39, 0.29) is 5.69 Å². The van der Waals surface area contributed by atoms with Gasteiger partial charge in [0.2, 0.25) is 5.78 Å². The van der Waals surface area contributed by atoms with E-state index >= 15 is 0 Å². The lowest BCUT2D eigenvalue weighted by Crippen LogP contribution is -2.21. The van der Waals surface area contributed by atoms with E-state index in [0.717, 1.165) is 30.4 Å². The summed E-state index contributed by atoms with van der Waals surface area (Å²) < 4.78 is 45.1. The molecule has 1 aromatic heterocycles. The number of aryl methyl sites for hydroxylation is 1. The molecule has 0 spiro atoms. The van der Waals surface area contributed by atoms with E-state index in [9.17, 15) is 32.9 Å². The Balaban J connectivity index is 1.99. The third-order valence-electron chi connectivity index (χ3n) is 4.63. The lowest BCUT2D eigenvalue weighted by Gasteiger charge is -2.10. The van der Waals surface area contributed by atoms with Crippen molar-refractivity contribution >= 4 is 23.1 Å². The zero-order valence-electron chi connectivity index (χ0n) is 17.2. The van der Waals surface area contributed by atoms with E-state index in [1.807, 2.05) is 18.4 Å². The number of carbonyl (C=O) groups excluding carboxylic acids is 2. The normalized spacial score (nSPS) is 11.3. The molecule has 0 aliphatic heterocycles. The number of Topliss-reactive ketones (excluding diaryl/α,β-unsaturated/α-hetero) is 1. The van der Waals surface area contributed by atoms with Crippen molar-refractivity contribution in [1.29, 1.82) is 0 Å². The maximum Gasteiger partial charge on any atom is 0.416 e. The molecular weight excluding hydrogens is 419 g/mol. The molecule has 0 radical (unpaired) electrons. The first kappa shape index (κ1) is 23.9. The Labute approximate surface area is 176 Å². The molecule has 0 amide bonds. The maximum atomic E-state index is 12.7. The number of anilines is 1. The molecule has 168 valence electrons. The Bertz CT molecular complexity index is 999. The van der Waals surface area contributed by atoms with Gasteiger partial charge in [-0.1, -0.05) is 6.92 Å². The highest BCUT2D eigenvalue weighted by molar-refractivity contribution is 5.99. The van der Waals surface area contributed by atoms with E-state index < -0.39 is 47.3 Å². The quantitative estimate of drug-likeness (QED) is 0.270. The predicted octanol–water partition coefficient (Wildman–Crippen LogP) is 4.28. The smallest absolute Gasteiger partial charge is 0.416 e. The van der Waals surface area contributed by atoms with Gasteiger partial charge in [-0.25, -0.2) is 0 Å². The first-order valence-electron chi connectivity index (χ1n) is 9.40. The Hall–Kier alpha value is -3.37. The minimum Gasteiger partial charge on any atom is -0.456 e. The molecule has 1 N–H and O–H groups in total. The van der Waals surface area contributed by atoms with Gasteiger partial charge in [0.25, 0.3) is 5.69 Å². The maximum absolute atomic E-state index is 12.7. The summed E-state index contributed by atoms with van der Waals surface area (Å²) in [5.41, 5.74) is -0.181. The predicted molar refractivity (Wildman–Crippen MR) is 106 cm³/mol. The Morgan fingerprint density at radius 1 is 1.23 bits per heavy atom. The van der Waals surface area contributed by atoms with Crippen molar-refractivity contribution in [2.45, 2.75) is 39.9 Å². The molecule has 0 unspecified atom stereocenters. The second-order valence-electron chi connectivity index (χ2n) is 6.86. The zero-order chi connectivity index (χ0) is 23.3. The highest BCUT2D eigenvalue weighted by atomic mass is 19.4. The fraction of sp³-hybridized carbons (Fsp3) is 0.400. The van der Waals surface area contributed by atoms with Crippen LogP contribution in [0, 0.1) is 24.0 Å². The fourth-order valence-electron chi connectivity index (χ4n) is 3.10. The van der Waals surface area contributed by atoms with Gasteiger partial charge in [0.05, 0.1) is 10.5 Å². The van der Waals surface area contributed by atoms with Crippen LogP contribution < -0.4 is 5.32 Å². The van der Waals surface area contributed by atoms with Crippen molar-refractivity contribution in [1.82, 2.24) is 4.57 Å². The number of hydrogen-bond donors (Lipinski definition) is 1. The number of esters is 1. The van der Waals surface area contributed by atoms with Crippen LogP contribution in [-0.2, 0) is 22.3 Å². The highest BCUT2D eigenvalue weighted by Crippen LogP contribution is 2.34. The fourth-order valence-corrected chi connectivity index (χ4v) is 3.10. The molecule has 8 nitrogen and oxygen atoms in total. The number of aromatic nitrogens is 1. The van der Waals surface area contributed by atoms with Gasteiger partial charge in [0.1, 0.15) is 12.2 Å². The van der Waals surface area contributed by atoms with Crippen LogP contribution in [0.5, 0.6) is 0 Å². The molecule has 2 rings (SSSR count). The van der Waals surface area contributed by atoms with Crippen LogP contribution in [0.25, 0.3) is 0 Å². The summed E-state index contributed by atoms with van der Waals surface area (Å²) in [5, 5.41) is 13.4. The SMILES string of the molecule is CCCn1c(C)cc(C(=O)COC(=O)CNc2ccc(C(F)(F)F)cc2[N+](=O)[O-])c1C. The van der Waals surface area contributed by atoms with Crippen molar-refractivity contribution in [2.75, 3.05) is 18.5 Å². The summed E-state index contributed by atoms with van der Waals surface area (Å²) in [5.74, 6) is -1.28. The summed E-state index contributed by atoms with van der Waals surface area (Å²) >= 11 is 0. The minimum atomic E-state index is -4.74. The van der Waals surface area contributed by atoms with Crippen molar-refractivity contribution in [3.05, 3.63) is 56.9 Å². The minimum absolute atomic E-state index is 0.274. The summed E-state index contributed by atoms with van der Waals surface area (Å²) in [6.45, 7) is 5.34. The molecule has 11 heteroatoms. The second kappa shape index (κ2) is 9.63. The van der Waals surface area contributed by atoms with Gasteiger partial charge < -0.3 is 14.6 Å². The van der Waals surface area contributed by atoms with E-state index in [1.165, 1.54) is 0 Å². The molecule has 0 aliphatic rings. The van der Waals surface area contributed by atoms with Gasteiger partial charge in [-0.3, -0.25) is 19.7 Å². The summed E-state index contributed by atoms with van der Waals surface area (Å²) in [6, 6.07) is 3.62. The molecule has 1 heterocycles. The molecule has 0 fully saturated rings. The highest BCUT2D eigenvalue weighted by Gasteiger charge is 2.33. The largest absolute Gasteiger partial charge is 0.456 e. The van der Waals surface area contributed by atoms with Crippen LogP contribution in [0.2, 0.25) is 0 Å². The zero-order valence-corrected chi connectivity index (χ0v) is 17.2. The number of halogens is 3. The van der Waals surface area contributed by atoms with E-state index in [0.29, 0.717) is 17.7 Å². The number of carbonyl (C=O) groups is 2. The lowest BCUT2D eigenvalue weighted by molar-refractivity contribution is -0.384. The monoisotopic (exact) mass is 441 g/mol. The number of nitrogens with one attached hydrogen (secondary N) is 1. The first-order valence-corrected chi connectivity index (χ1v) is 9.40. The number of ketones is 1. The number of nitro benzene ring substituents is 1. The van der Waals surface area contributed by atoms with Gasteiger partial charge >= 0.3 is 12.1 Å². The molecule has 0 atom stereocenters. The number of rotatable bonds is 9. The number of benzene rings is 1. The molecule has 1 aromatic carbocycles. The van der Waals surface area contributed by atoms with Gasteiger partial charge in [0, 0.05) is 29.6 Å². The van der Waals surface area contributed by atoms with Crippen molar-refractivity contribution < 1.29 is 32.4 Å². The molecule has 2 aromatic rings. The van der Waals surface area contributed by atoms with Gasteiger partial charge in [-0.05, 0) is 38.5 Å². The van der Waals surface area contributed by atoms with Crippen LogP contribution in [-0.4, -0.2) is 34.4 Å². The second-order valence-corrected chi connectivity index (χ2v) is 6.86. The van der Waals surface area contributed by atoms with Crippen LogP contribution in [0.15, 0.2) is 24.3 Å². The van der Waals surface area contributed by atoms with Crippen LogP contribution in [0.1, 0.15) is 40.7 Å². The number of nitro groups is 1. The van der Waals surface area contributed by atoms with Crippen molar-refractivity contribution in [3.63, 3.8) is 0 Å². The molecule has 31 heavy (non-hydrogen) atoms. The summed E-state index contributed by atoms with van der Waals surface area (Å²) in [6.07, 6.45) is -3.85. The van der Waals surface area contributed by atoms with Crippen LogP contribution >= 0.6 is 0 Å². The number of alkyl halides is 3. The molecule has 0 aliphatic carbocycles. The molecular formula is C20H22F3N3O5. The van der Waals surface area contributed by atoms with Crippen LogP contribution in [0.3, 0.4) is 0 Å². The van der Waals surface area contributed by atoms with Gasteiger partial charge in [0.15, 0.2) is 6.61 Å². The van der Waals surface area contributed by atoms with Crippen molar-refractivity contribution in [2.24, 2.45) is 0 Å². The van der Waals surface area contributed by atoms with Gasteiger partial charge in [-0.2, -0.15) is 13.2 Å². The number of ether oxygens (including phenoxy) is 1. The third kappa shape index (κ3) is 5.83. The summed E-state index contributed by atoms with van der Waals surface area (Å²) in [4.78, 5) is 34.4. The molecule has 0 saturated carbocycles. The molecule has 0 saturated heterocycles. The summed E-state index contributed by atoms with van der Waals surface area (Å²) in [7, 11) is 0. The number of hydrogen-bond acceptors (Lipinski definition) is 6. The van der Waals surface area contributed by atoms with E-state index in [4.69, 9.17) is 4.74 Å². The number of nitrogens with zero attached hydrogens (tertiary/aromatic N) is 2. The van der Waals surface area contributed by atoms with E-state index in [1.54, 1.807) is 13.0 Å².